The lowest BCUT2D eigenvalue weighted by atomic mass is 10.2. The summed E-state index contributed by atoms with van der Waals surface area (Å²) in [6.07, 6.45) is 3.11. The van der Waals surface area contributed by atoms with Crippen molar-refractivity contribution in [2.45, 2.75) is 6.92 Å². The van der Waals surface area contributed by atoms with E-state index in [-0.39, 0.29) is 0 Å². The van der Waals surface area contributed by atoms with Gasteiger partial charge in [0.25, 0.3) is 0 Å². The molecule has 3 aromatic heterocycles. The average Bonchev–Trinajstić information content (AvgIpc) is 2.71. The fourth-order valence-electron chi connectivity index (χ4n) is 1.72. The van der Waals surface area contributed by atoms with Crippen LogP contribution in [-0.4, -0.2) is 19.6 Å². The number of fused-ring (bicyclic) bond motifs is 1. The summed E-state index contributed by atoms with van der Waals surface area (Å²) >= 11 is 0. The van der Waals surface area contributed by atoms with Crippen molar-refractivity contribution in [3.8, 4) is 11.3 Å². The lowest BCUT2D eigenvalue weighted by molar-refractivity contribution is 0.584. The van der Waals surface area contributed by atoms with Crippen LogP contribution < -0.4 is 0 Å². The monoisotopic (exact) mass is 228 g/mol. The first-order valence-electron chi connectivity index (χ1n) is 5.17. The molecule has 0 aliphatic rings. The number of aromatic nitrogens is 4. The first-order chi connectivity index (χ1) is 8.24. The lowest BCUT2D eigenvalue weighted by Gasteiger charge is -2.01. The van der Waals surface area contributed by atoms with Crippen molar-refractivity contribution < 1.29 is 4.39 Å². The van der Waals surface area contributed by atoms with Crippen LogP contribution in [-0.2, 0) is 0 Å². The Labute approximate surface area is 96.8 Å². The number of halogens is 1. The van der Waals surface area contributed by atoms with Gasteiger partial charge in [-0.1, -0.05) is 0 Å². The summed E-state index contributed by atoms with van der Waals surface area (Å²) < 4.78 is 14.8. The van der Waals surface area contributed by atoms with Gasteiger partial charge in [0.05, 0.1) is 17.6 Å². The minimum atomic E-state index is -0.509. The quantitative estimate of drug-likeness (QED) is 0.600. The van der Waals surface area contributed by atoms with E-state index in [4.69, 9.17) is 0 Å². The number of hydrogen-bond donors (Lipinski definition) is 0. The highest BCUT2D eigenvalue weighted by Crippen LogP contribution is 2.19. The SMILES string of the molecule is Cc1ccc2ncc(-c3ccnc(F)c3)n2n1. The van der Waals surface area contributed by atoms with Gasteiger partial charge in [-0.05, 0) is 25.1 Å². The Morgan fingerprint density at radius 1 is 1.18 bits per heavy atom. The van der Waals surface area contributed by atoms with Crippen molar-refractivity contribution in [2.24, 2.45) is 0 Å². The van der Waals surface area contributed by atoms with E-state index in [2.05, 4.69) is 15.1 Å². The van der Waals surface area contributed by atoms with Crippen molar-refractivity contribution in [3.05, 3.63) is 48.3 Å². The van der Waals surface area contributed by atoms with Gasteiger partial charge in [0, 0.05) is 17.8 Å². The summed E-state index contributed by atoms with van der Waals surface area (Å²) in [6.45, 7) is 1.90. The summed E-state index contributed by atoms with van der Waals surface area (Å²) in [5.41, 5.74) is 3.09. The van der Waals surface area contributed by atoms with Crippen LogP contribution in [0.5, 0.6) is 0 Å². The van der Waals surface area contributed by atoms with Crippen LogP contribution in [0.2, 0.25) is 0 Å². The molecule has 0 bridgehead atoms. The van der Waals surface area contributed by atoms with Crippen molar-refractivity contribution in [1.29, 1.82) is 0 Å². The highest BCUT2D eigenvalue weighted by atomic mass is 19.1. The van der Waals surface area contributed by atoms with Gasteiger partial charge in [0.2, 0.25) is 5.95 Å². The predicted molar refractivity (Wildman–Crippen MR) is 60.9 cm³/mol. The highest BCUT2D eigenvalue weighted by molar-refractivity contribution is 5.62. The van der Waals surface area contributed by atoms with Crippen LogP contribution in [0.15, 0.2) is 36.7 Å². The second kappa shape index (κ2) is 3.62. The number of rotatable bonds is 1. The Hall–Kier alpha value is -2.30. The van der Waals surface area contributed by atoms with Gasteiger partial charge < -0.3 is 0 Å². The van der Waals surface area contributed by atoms with E-state index < -0.39 is 5.95 Å². The van der Waals surface area contributed by atoms with Crippen LogP contribution in [0.25, 0.3) is 16.9 Å². The summed E-state index contributed by atoms with van der Waals surface area (Å²) in [7, 11) is 0. The Morgan fingerprint density at radius 2 is 2.06 bits per heavy atom. The molecule has 0 aromatic carbocycles. The third-order valence-corrected chi connectivity index (χ3v) is 2.52. The predicted octanol–water partition coefficient (Wildman–Crippen LogP) is 2.24. The van der Waals surface area contributed by atoms with Crippen molar-refractivity contribution in [1.82, 2.24) is 19.6 Å². The van der Waals surface area contributed by atoms with Crippen molar-refractivity contribution in [3.63, 3.8) is 0 Å². The maximum atomic E-state index is 13.1. The molecule has 5 heteroatoms. The summed E-state index contributed by atoms with van der Waals surface area (Å²) in [5, 5.41) is 4.35. The summed E-state index contributed by atoms with van der Waals surface area (Å²) in [4.78, 5) is 7.75. The van der Waals surface area contributed by atoms with Crippen molar-refractivity contribution >= 4 is 5.65 Å². The number of pyridine rings is 1. The fraction of sp³-hybridized carbons (Fsp3) is 0.0833. The van der Waals surface area contributed by atoms with Crippen molar-refractivity contribution in [2.75, 3.05) is 0 Å². The molecular weight excluding hydrogens is 219 g/mol. The van der Waals surface area contributed by atoms with E-state index in [1.807, 2.05) is 19.1 Å². The molecule has 0 saturated carbocycles. The Bertz CT molecular complexity index is 690. The van der Waals surface area contributed by atoms with Crippen LogP contribution in [0, 0.1) is 12.9 Å². The van der Waals surface area contributed by atoms with Gasteiger partial charge in [-0.25, -0.2) is 14.5 Å². The van der Waals surface area contributed by atoms with Gasteiger partial charge in [0.15, 0.2) is 5.65 Å². The first kappa shape index (κ1) is 9.89. The largest absolute Gasteiger partial charge is 0.235 e. The molecular formula is C12H9FN4. The fourth-order valence-corrected chi connectivity index (χ4v) is 1.72. The molecule has 3 heterocycles. The molecule has 0 fully saturated rings. The molecule has 4 nitrogen and oxygen atoms in total. The smallest absolute Gasteiger partial charge is 0.213 e. The van der Waals surface area contributed by atoms with Gasteiger partial charge in [0.1, 0.15) is 0 Å². The molecule has 3 rings (SSSR count). The van der Waals surface area contributed by atoms with Gasteiger partial charge in [-0.2, -0.15) is 9.49 Å². The minimum absolute atomic E-state index is 0.509. The first-order valence-corrected chi connectivity index (χ1v) is 5.17. The standard InChI is InChI=1S/C12H9FN4/c1-8-2-3-12-15-7-10(17(12)16-8)9-4-5-14-11(13)6-9/h2-7H,1H3. The normalized spacial score (nSPS) is 10.9. The topological polar surface area (TPSA) is 43.1 Å². The summed E-state index contributed by atoms with van der Waals surface area (Å²) in [6, 6.07) is 6.87. The molecule has 0 radical (unpaired) electrons. The molecule has 0 N–H and O–H groups in total. The summed E-state index contributed by atoms with van der Waals surface area (Å²) in [5.74, 6) is -0.509. The van der Waals surface area contributed by atoms with Gasteiger partial charge in [-0.15, -0.1) is 0 Å². The highest BCUT2D eigenvalue weighted by Gasteiger charge is 2.07. The van der Waals surface area contributed by atoms with Gasteiger partial charge in [-0.3, -0.25) is 0 Å². The third-order valence-electron chi connectivity index (χ3n) is 2.52. The number of nitrogens with zero attached hydrogens (tertiary/aromatic N) is 4. The van der Waals surface area contributed by atoms with Crippen LogP contribution in [0.1, 0.15) is 5.69 Å². The van der Waals surface area contributed by atoms with E-state index in [0.29, 0.717) is 5.56 Å². The second-order valence-electron chi connectivity index (χ2n) is 3.76. The van der Waals surface area contributed by atoms with E-state index in [0.717, 1.165) is 17.0 Å². The molecule has 0 saturated heterocycles. The lowest BCUT2D eigenvalue weighted by Crippen LogP contribution is -1.96. The van der Waals surface area contributed by atoms with Crippen LogP contribution in [0.4, 0.5) is 4.39 Å². The molecule has 0 aliphatic heterocycles. The van der Waals surface area contributed by atoms with Crippen LogP contribution >= 0.6 is 0 Å². The number of aryl methyl sites for hydroxylation is 1. The average molecular weight is 228 g/mol. The molecule has 0 atom stereocenters. The zero-order chi connectivity index (χ0) is 11.8. The third kappa shape index (κ3) is 1.65. The van der Waals surface area contributed by atoms with E-state index in [1.54, 1.807) is 16.8 Å². The van der Waals surface area contributed by atoms with Gasteiger partial charge >= 0.3 is 0 Å². The molecule has 17 heavy (non-hydrogen) atoms. The van der Waals surface area contributed by atoms with E-state index >= 15 is 0 Å². The van der Waals surface area contributed by atoms with Crippen LogP contribution in [0.3, 0.4) is 0 Å². The Kier molecular flexibility index (Phi) is 2.11. The maximum absolute atomic E-state index is 13.1. The molecule has 84 valence electrons. The number of hydrogen-bond acceptors (Lipinski definition) is 3. The molecule has 0 spiro atoms. The minimum Gasteiger partial charge on any atom is -0.235 e. The number of imidazole rings is 1. The zero-order valence-electron chi connectivity index (χ0n) is 9.13. The Morgan fingerprint density at radius 3 is 2.88 bits per heavy atom. The molecule has 3 aromatic rings. The maximum Gasteiger partial charge on any atom is 0.213 e. The molecule has 0 unspecified atom stereocenters. The zero-order valence-corrected chi connectivity index (χ0v) is 9.13. The molecule has 0 aliphatic carbocycles. The second-order valence-corrected chi connectivity index (χ2v) is 3.76. The van der Waals surface area contributed by atoms with E-state index in [9.17, 15) is 4.39 Å². The Balaban J connectivity index is 2.27. The van der Waals surface area contributed by atoms with E-state index in [1.165, 1.54) is 12.3 Å². The molecule has 0 amide bonds.